The second kappa shape index (κ2) is 6.40. The van der Waals surface area contributed by atoms with E-state index < -0.39 is 0 Å². The molecule has 0 spiro atoms. The van der Waals surface area contributed by atoms with E-state index in [9.17, 15) is 9.59 Å². The van der Waals surface area contributed by atoms with Crippen molar-refractivity contribution in [3.63, 3.8) is 0 Å². The number of nitrogens with one attached hydrogen (secondary N) is 1. The van der Waals surface area contributed by atoms with Crippen LogP contribution in [-0.4, -0.2) is 25.5 Å². The summed E-state index contributed by atoms with van der Waals surface area (Å²) in [6, 6.07) is 14.6. The Kier molecular flexibility index (Phi) is 3.93. The lowest BCUT2D eigenvalue weighted by Gasteiger charge is -2.28. The van der Waals surface area contributed by atoms with E-state index in [2.05, 4.69) is 5.32 Å². The van der Waals surface area contributed by atoms with Crippen molar-refractivity contribution in [2.24, 2.45) is 0 Å². The highest BCUT2D eigenvalue weighted by atomic mass is 16.5. The first-order chi connectivity index (χ1) is 12.7. The van der Waals surface area contributed by atoms with Gasteiger partial charge in [0.05, 0.1) is 18.5 Å². The molecule has 0 saturated carbocycles. The van der Waals surface area contributed by atoms with Crippen LogP contribution in [0.15, 0.2) is 59.0 Å². The number of nitrogens with zero attached hydrogens (tertiary/aromatic N) is 1. The lowest BCUT2D eigenvalue weighted by Crippen LogP contribution is -2.41. The first kappa shape index (κ1) is 16.0. The SMILES string of the molecule is COc1cccc2cc(/C=C/C(=O)N3CC(=O)Nc4ccccc43)oc12. The number of rotatable bonds is 3. The molecule has 2 aromatic carbocycles. The van der Waals surface area contributed by atoms with E-state index >= 15 is 0 Å². The Balaban J connectivity index is 1.61. The summed E-state index contributed by atoms with van der Waals surface area (Å²) in [5.41, 5.74) is 1.93. The summed E-state index contributed by atoms with van der Waals surface area (Å²) < 4.78 is 11.0. The predicted octanol–water partition coefficient (Wildman–Crippen LogP) is 3.44. The van der Waals surface area contributed by atoms with Crippen LogP contribution in [-0.2, 0) is 9.59 Å². The zero-order chi connectivity index (χ0) is 18.1. The summed E-state index contributed by atoms with van der Waals surface area (Å²) in [6.07, 6.45) is 3.00. The van der Waals surface area contributed by atoms with Crippen LogP contribution in [0.2, 0.25) is 0 Å². The Hall–Kier alpha value is -3.54. The van der Waals surface area contributed by atoms with Gasteiger partial charge in [-0.3, -0.25) is 14.5 Å². The number of hydrogen-bond acceptors (Lipinski definition) is 4. The zero-order valence-electron chi connectivity index (χ0n) is 14.1. The maximum atomic E-state index is 12.6. The number of para-hydroxylation sites is 3. The molecule has 1 N–H and O–H groups in total. The topological polar surface area (TPSA) is 71.8 Å². The Bertz CT molecular complexity index is 1040. The molecular formula is C20H16N2O4. The van der Waals surface area contributed by atoms with Crippen molar-refractivity contribution >= 4 is 40.2 Å². The van der Waals surface area contributed by atoms with Gasteiger partial charge in [0.15, 0.2) is 11.3 Å². The van der Waals surface area contributed by atoms with Gasteiger partial charge in [-0.15, -0.1) is 0 Å². The van der Waals surface area contributed by atoms with E-state index in [0.717, 1.165) is 5.39 Å². The van der Waals surface area contributed by atoms with Crippen LogP contribution in [0.25, 0.3) is 17.0 Å². The minimum atomic E-state index is -0.292. The van der Waals surface area contributed by atoms with E-state index in [4.69, 9.17) is 9.15 Å². The monoisotopic (exact) mass is 348 g/mol. The molecule has 4 rings (SSSR count). The molecule has 0 saturated heterocycles. The quantitative estimate of drug-likeness (QED) is 0.736. The molecule has 0 unspecified atom stereocenters. The predicted molar refractivity (Wildman–Crippen MR) is 99.2 cm³/mol. The Morgan fingerprint density at radius 3 is 2.92 bits per heavy atom. The first-order valence-electron chi connectivity index (χ1n) is 8.11. The van der Waals surface area contributed by atoms with Crippen LogP contribution >= 0.6 is 0 Å². The summed E-state index contributed by atoms with van der Waals surface area (Å²) in [7, 11) is 1.58. The molecule has 26 heavy (non-hydrogen) atoms. The third-order valence-corrected chi connectivity index (χ3v) is 4.17. The number of hydrogen-bond donors (Lipinski definition) is 1. The van der Waals surface area contributed by atoms with Gasteiger partial charge in [0, 0.05) is 11.5 Å². The molecule has 1 aromatic heterocycles. The molecule has 1 aliphatic rings. The zero-order valence-corrected chi connectivity index (χ0v) is 14.1. The number of furan rings is 1. The molecule has 0 bridgehead atoms. The van der Waals surface area contributed by atoms with E-state index in [-0.39, 0.29) is 18.4 Å². The number of ether oxygens (including phenoxy) is 1. The molecule has 2 amide bonds. The Morgan fingerprint density at radius 2 is 2.08 bits per heavy atom. The molecule has 6 nitrogen and oxygen atoms in total. The van der Waals surface area contributed by atoms with Crippen molar-refractivity contribution in [2.75, 3.05) is 23.9 Å². The van der Waals surface area contributed by atoms with Crippen LogP contribution < -0.4 is 15.0 Å². The van der Waals surface area contributed by atoms with Crippen molar-refractivity contribution in [3.05, 3.63) is 60.4 Å². The van der Waals surface area contributed by atoms with Crippen molar-refractivity contribution in [2.45, 2.75) is 0 Å². The van der Waals surface area contributed by atoms with E-state index in [0.29, 0.717) is 28.5 Å². The Labute approximate surface area is 149 Å². The highest BCUT2D eigenvalue weighted by molar-refractivity contribution is 6.13. The number of anilines is 2. The maximum Gasteiger partial charge on any atom is 0.251 e. The van der Waals surface area contributed by atoms with Gasteiger partial charge < -0.3 is 14.5 Å². The number of methoxy groups -OCH3 is 1. The highest BCUT2D eigenvalue weighted by Gasteiger charge is 2.25. The van der Waals surface area contributed by atoms with Crippen LogP contribution in [0.3, 0.4) is 0 Å². The molecule has 0 aliphatic carbocycles. The van der Waals surface area contributed by atoms with E-state index in [1.54, 1.807) is 25.3 Å². The minimum Gasteiger partial charge on any atom is -0.493 e. The summed E-state index contributed by atoms with van der Waals surface area (Å²) in [5.74, 6) is 0.654. The number of amides is 2. The van der Waals surface area contributed by atoms with Crippen molar-refractivity contribution in [1.29, 1.82) is 0 Å². The smallest absolute Gasteiger partial charge is 0.251 e. The van der Waals surface area contributed by atoms with Gasteiger partial charge in [0.2, 0.25) is 5.91 Å². The van der Waals surface area contributed by atoms with Gasteiger partial charge in [0.25, 0.3) is 5.91 Å². The lowest BCUT2D eigenvalue weighted by molar-refractivity contribution is -0.119. The fourth-order valence-electron chi connectivity index (χ4n) is 2.97. The van der Waals surface area contributed by atoms with Crippen LogP contribution in [0.1, 0.15) is 5.76 Å². The molecule has 0 radical (unpaired) electrons. The molecule has 0 fully saturated rings. The van der Waals surface area contributed by atoms with E-state index in [1.165, 1.54) is 11.0 Å². The number of carbonyl (C=O) groups is 2. The van der Waals surface area contributed by atoms with Gasteiger partial charge in [-0.1, -0.05) is 24.3 Å². The number of fused-ring (bicyclic) bond motifs is 2. The highest BCUT2D eigenvalue weighted by Crippen LogP contribution is 2.30. The lowest BCUT2D eigenvalue weighted by atomic mass is 10.2. The molecule has 1 aliphatic heterocycles. The second-order valence-corrected chi connectivity index (χ2v) is 5.85. The third kappa shape index (κ3) is 2.82. The van der Waals surface area contributed by atoms with Crippen molar-refractivity contribution in [3.8, 4) is 5.75 Å². The van der Waals surface area contributed by atoms with Crippen molar-refractivity contribution < 1.29 is 18.7 Å². The molecule has 3 aromatic rings. The van der Waals surface area contributed by atoms with Crippen LogP contribution in [0.5, 0.6) is 5.75 Å². The summed E-state index contributed by atoms with van der Waals surface area (Å²) in [5, 5.41) is 3.65. The molecule has 130 valence electrons. The van der Waals surface area contributed by atoms with Crippen molar-refractivity contribution in [1.82, 2.24) is 0 Å². The van der Waals surface area contributed by atoms with Gasteiger partial charge in [-0.2, -0.15) is 0 Å². The number of benzene rings is 2. The number of carbonyl (C=O) groups excluding carboxylic acids is 2. The molecule has 2 heterocycles. The molecule has 0 atom stereocenters. The second-order valence-electron chi connectivity index (χ2n) is 5.85. The fraction of sp³-hybridized carbons (Fsp3) is 0.100. The summed E-state index contributed by atoms with van der Waals surface area (Å²) >= 11 is 0. The normalized spacial score (nSPS) is 13.7. The van der Waals surface area contributed by atoms with E-state index in [1.807, 2.05) is 36.4 Å². The van der Waals surface area contributed by atoms with Crippen LogP contribution in [0, 0.1) is 0 Å². The molecule has 6 heteroatoms. The average Bonchev–Trinajstić information content (AvgIpc) is 3.08. The minimum absolute atomic E-state index is 0.0197. The summed E-state index contributed by atoms with van der Waals surface area (Å²) in [4.78, 5) is 25.9. The largest absolute Gasteiger partial charge is 0.493 e. The van der Waals surface area contributed by atoms with Gasteiger partial charge >= 0.3 is 0 Å². The van der Waals surface area contributed by atoms with Gasteiger partial charge in [-0.25, -0.2) is 0 Å². The Morgan fingerprint density at radius 1 is 1.23 bits per heavy atom. The van der Waals surface area contributed by atoms with Crippen LogP contribution in [0.4, 0.5) is 11.4 Å². The maximum absolute atomic E-state index is 12.6. The fourth-order valence-corrected chi connectivity index (χ4v) is 2.97. The average molecular weight is 348 g/mol. The summed E-state index contributed by atoms with van der Waals surface area (Å²) in [6.45, 7) is -0.0197. The molecular weight excluding hydrogens is 332 g/mol. The van der Waals surface area contributed by atoms with Gasteiger partial charge in [-0.05, 0) is 30.3 Å². The standard InChI is InChI=1S/C20H16N2O4/c1-25-17-8-4-5-13-11-14(26-20(13)17)9-10-19(24)22-12-18(23)21-15-6-2-3-7-16(15)22/h2-11H,12H2,1H3,(H,21,23)/b10-9+. The third-order valence-electron chi connectivity index (χ3n) is 4.17. The van der Waals surface area contributed by atoms with Gasteiger partial charge in [0.1, 0.15) is 12.3 Å². The first-order valence-corrected chi connectivity index (χ1v) is 8.11.